The summed E-state index contributed by atoms with van der Waals surface area (Å²) in [5, 5.41) is 12.7. The summed E-state index contributed by atoms with van der Waals surface area (Å²) in [5.74, 6) is -0.925. The number of para-hydroxylation sites is 1. The lowest BCUT2D eigenvalue weighted by molar-refractivity contribution is -0.138. The number of amides is 1. The molecule has 112 valence electrons. The largest absolute Gasteiger partial charge is 0.481 e. The lowest BCUT2D eigenvalue weighted by atomic mass is 10.0. The zero-order valence-corrected chi connectivity index (χ0v) is 12.1. The predicted octanol–water partition coefficient (Wildman–Crippen LogP) is 2.33. The molecule has 5 heteroatoms. The fourth-order valence-electron chi connectivity index (χ4n) is 2.38. The van der Waals surface area contributed by atoms with Gasteiger partial charge in [0, 0.05) is 30.1 Å². The Kier molecular flexibility index (Phi) is 4.98. The molecule has 1 unspecified atom stereocenters. The highest BCUT2D eigenvalue weighted by Gasteiger charge is 2.13. The third-order valence-corrected chi connectivity index (χ3v) is 3.65. The molecule has 0 radical (unpaired) electrons. The van der Waals surface area contributed by atoms with Crippen molar-refractivity contribution in [3.63, 3.8) is 0 Å². The fourth-order valence-corrected chi connectivity index (χ4v) is 2.38. The van der Waals surface area contributed by atoms with Crippen LogP contribution in [0.3, 0.4) is 0 Å². The second-order valence-corrected chi connectivity index (χ2v) is 5.21. The monoisotopic (exact) mass is 288 g/mol. The third-order valence-electron chi connectivity index (χ3n) is 3.65. The van der Waals surface area contributed by atoms with Crippen LogP contribution in [0, 0.1) is 5.92 Å². The molecule has 3 N–H and O–H groups in total. The van der Waals surface area contributed by atoms with Crippen LogP contribution in [0.2, 0.25) is 0 Å². The Morgan fingerprint density at radius 1 is 1.33 bits per heavy atom. The standard InChI is InChI=1S/C16H20N2O3/c1-2-11(7-16(20)21)9-18-15(19)8-12-10-17-14-6-4-3-5-13(12)14/h3-6,10-11,17H,2,7-9H2,1H3,(H,18,19)(H,20,21). The molecule has 2 rings (SSSR count). The summed E-state index contributed by atoms with van der Waals surface area (Å²) in [6.45, 7) is 2.34. The summed E-state index contributed by atoms with van der Waals surface area (Å²) in [6.07, 6.45) is 2.97. The van der Waals surface area contributed by atoms with E-state index in [0.29, 0.717) is 13.0 Å². The summed E-state index contributed by atoms with van der Waals surface area (Å²) in [4.78, 5) is 25.8. The first-order valence-corrected chi connectivity index (χ1v) is 7.13. The number of carboxylic acid groups (broad SMARTS) is 1. The maximum Gasteiger partial charge on any atom is 0.303 e. The molecule has 1 aromatic carbocycles. The van der Waals surface area contributed by atoms with Gasteiger partial charge < -0.3 is 15.4 Å². The summed E-state index contributed by atoms with van der Waals surface area (Å²) >= 11 is 0. The molecular weight excluding hydrogens is 268 g/mol. The first-order chi connectivity index (χ1) is 10.1. The number of carbonyl (C=O) groups is 2. The molecule has 21 heavy (non-hydrogen) atoms. The third kappa shape index (κ3) is 4.08. The summed E-state index contributed by atoms with van der Waals surface area (Å²) in [6, 6.07) is 7.84. The van der Waals surface area contributed by atoms with Crippen molar-refractivity contribution in [2.75, 3.05) is 6.54 Å². The van der Waals surface area contributed by atoms with E-state index in [1.54, 1.807) is 0 Å². The van der Waals surface area contributed by atoms with E-state index in [1.165, 1.54) is 0 Å². The van der Waals surface area contributed by atoms with Gasteiger partial charge in [0.05, 0.1) is 6.42 Å². The zero-order valence-electron chi connectivity index (χ0n) is 12.1. The number of fused-ring (bicyclic) bond motifs is 1. The number of carbonyl (C=O) groups excluding carboxylic acids is 1. The Morgan fingerprint density at radius 2 is 2.10 bits per heavy atom. The van der Waals surface area contributed by atoms with Crippen molar-refractivity contribution in [3.05, 3.63) is 36.0 Å². The Morgan fingerprint density at radius 3 is 2.81 bits per heavy atom. The molecule has 0 saturated carbocycles. The van der Waals surface area contributed by atoms with Gasteiger partial charge in [-0.3, -0.25) is 9.59 Å². The average molecular weight is 288 g/mol. The number of benzene rings is 1. The quantitative estimate of drug-likeness (QED) is 0.731. The second kappa shape index (κ2) is 6.92. The van der Waals surface area contributed by atoms with Crippen molar-refractivity contribution in [3.8, 4) is 0 Å². The van der Waals surface area contributed by atoms with Gasteiger partial charge in [0.1, 0.15) is 0 Å². The minimum Gasteiger partial charge on any atom is -0.481 e. The zero-order chi connectivity index (χ0) is 15.2. The molecule has 0 bridgehead atoms. The molecule has 0 spiro atoms. The molecule has 1 amide bonds. The molecule has 0 aliphatic carbocycles. The number of aliphatic carboxylic acids is 1. The highest BCUT2D eigenvalue weighted by Crippen LogP contribution is 2.18. The van der Waals surface area contributed by atoms with Crippen LogP contribution in [0.25, 0.3) is 10.9 Å². The van der Waals surface area contributed by atoms with Crippen molar-refractivity contribution < 1.29 is 14.7 Å². The molecule has 5 nitrogen and oxygen atoms in total. The van der Waals surface area contributed by atoms with Gasteiger partial charge in [0.2, 0.25) is 5.91 Å². The molecular formula is C16H20N2O3. The minimum absolute atomic E-state index is 0.0191. The van der Waals surface area contributed by atoms with E-state index in [-0.39, 0.29) is 18.2 Å². The summed E-state index contributed by atoms with van der Waals surface area (Å²) < 4.78 is 0. The van der Waals surface area contributed by atoms with Gasteiger partial charge >= 0.3 is 5.97 Å². The lowest BCUT2D eigenvalue weighted by Gasteiger charge is -2.13. The van der Waals surface area contributed by atoms with Gasteiger partial charge in [0.15, 0.2) is 0 Å². The summed E-state index contributed by atoms with van der Waals surface area (Å²) in [7, 11) is 0. The van der Waals surface area contributed by atoms with Crippen molar-refractivity contribution in [1.82, 2.24) is 10.3 Å². The fraction of sp³-hybridized carbons (Fsp3) is 0.375. The van der Waals surface area contributed by atoms with Crippen LogP contribution in [0.5, 0.6) is 0 Å². The molecule has 0 fully saturated rings. The van der Waals surface area contributed by atoms with Crippen LogP contribution in [-0.4, -0.2) is 28.5 Å². The topological polar surface area (TPSA) is 82.2 Å². The highest BCUT2D eigenvalue weighted by molar-refractivity contribution is 5.88. The lowest BCUT2D eigenvalue weighted by Crippen LogP contribution is -2.31. The minimum atomic E-state index is -0.826. The summed E-state index contributed by atoms with van der Waals surface area (Å²) in [5.41, 5.74) is 1.96. The first kappa shape index (κ1) is 15.1. The van der Waals surface area contributed by atoms with Crippen LogP contribution >= 0.6 is 0 Å². The van der Waals surface area contributed by atoms with Gasteiger partial charge in [-0.25, -0.2) is 0 Å². The molecule has 0 aliphatic heterocycles. The number of hydrogen-bond donors (Lipinski definition) is 3. The Bertz CT molecular complexity index is 633. The van der Waals surface area contributed by atoms with E-state index in [4.69, 9.17) is 5.11 Å². The number of aromatic amines is 1. The molecule has 1 heterocycles. The predicted molar refractivity (Wildman–Crippen MR) is 81.0 cm³/mol. The first-order valence-electron chi connectivity index (χ1n) is 7.13. The smallest absolute Gasteiger partial charge is 0.303 e. The maximum atomic E-state index is 12.0. The van der Waals surface area contributed by atoms with Crippen LogP contribution in [0.15, 0.2) is 30.5 Å². The van der Waals surface area contributed by atoms with Crippen LogP contribution in [-0.2, 0) is 16.0 Å². The second-order valence-electron chi connectivity index (χ2n) is 5.21. The Labute approximate surface area is 123 Å². The van der Waals surface area contributed by atoms with Gasteiger partial charge in [-0.15, -0.1) is 0 Å². The van der Waals surface area contributed by atoms with Gasteiger partial charge in [0.25, 0.3) is 0 Å². The van der Waals surface area contributed by atoms with E-state index in [9.17, 15) is 9.59 Å². The molecule has 2 aromatic rings. The maximum absolute atomic E-state index is 12.0. The van der Waals surface area contributed by atoms with Crippen molar-refractivity contribution in [1.29, 1.82) is 0 Å². The Balaban J connectivity index is 1.91. The van der Waals surface area contributed by atoms with Gasteiger partial charge in [-0.2, -0.15) is 0 Å². The van der Waals surface area contributed by atoms with Crippen LogP contribution < -0.4 is 5.32 Å². The molecule has 1 atom stereocenters. The van der Waals surface area contributed by atoms with E-state index in [0.717, 1.165) is 22.9 Å². The van der Waals surface area contributed by atoms with Crippen LogP contribution in [0.1, 0.15) is 25.3 Å². The van der Waals surface area contributed by atoms with Crippen molar-refractivity contribution in [2.24, 2.45) is 5.92 Å². The van der Waals surface area contributed by atoms with Crippen molar-refractivity contribution >= 4 is 22.8 Å². The SMILES string of the molecule is CCC(CNC(=O)Cc1c[nH]c2ccccc12)CC(=O)O. The molecule has 0 aliphatic rings. The van der Waals surface area contributed by atoms with Gasteiger partial charge in [-0.05, 0) is 17.5 Å². The average Bonchev–Trinajstić information content (AvgIpc) is 2.86. The number of nitrogens with one attached hydrogen (secondary N) is 2. The van der Waals surface area contributed by atoms with Crippen LogP contribution in [0.4, 0.5) is 0 Å². The van der Waals surface area contributed by atoms with Crippen molar-refractivity contribution in [2.45, 2.75) is 26.2 Å². The van der Waals surface area contributed by atoms with E-state index in [2.05, 4.69) is 10.3 Å². The number of hydrogen-bond acceptors (Lipinski definition) is 2. The van der Waals surface area contributed by atoms with E-state index < -0.39 is 5.97 Å². The van der Waals surface area contributed by atoms with Gasteiger partial charge in [-0.1, -0.05) is 31.5 Å². The molecule has 1 aromatic heterocycles. The molecule has 0 saturated heterocycles. The normalized spacial score (nSPS) is 12.2. The number of aromatic nitrogens is 1. The number of carboxylic acids is 1. The number of rotatable bonds is 7. The number of H-pyrrole nitrogens is 1. The van der Waals surface area contributed by atoms with E-state index in [1.807, 2.05) is 37.4 Å². The highest BCUT2D eigenvalue weighted by atomic mass is 16.4. The van der Waals surface area contributed by atoms with E-state index >= 15 is 0 Å². The Hall–Kier alpha value is -2.30.